The van der Waals surface area contributed by atoms with Crippen molar-refractivity contribution in [3.63, 3.8) is 0 Å². The van der Waals surface area contributed by atoms with Gasteiger partial charge in [-0.15, -0.1) is 0 Å². The maximum atomic E-state index is 5.80. The van der Waals surface area contributed by atoms with Crippen molar-refractivity contribution in [1.82, 2.24) is 5.16 Å². The normalized spacial score (nSPS) is 21.6. The summed E-state index contributed by atoms with van der Waals surface area (Å²) in [6.07, 6.45) is 7.84. The molecule has 0 atom stereocenters. The van der Waals surface area contributed by atoms with E-state index in [-0.39, 0.29) is 5.41 Å². The van der Waals surface area contributed by atoms with Crippen LogP contribution in [0.2, 0.25) is 0 Å². The number of hydrogen-bond acceptors (Lipinski definition) is 3. The van der Waals surface area contributed by atoms with E-state index in [0.29, 0.717) is 5.69 Å². The van der Waals surface area contributed by atoms with Crippen LogP contribution < -0.4 is 5.73 Å². The van der Waals surface area contributed by atoms with Crippen molar-refractivity contribution in [2.24, 2.45) is 0 Å². The smallest absolute Gasteiger partial charge is 0.165 e. The lowest BCUT2D eigenvalue weighted by Crippen LogP contribution is -2.25. The minimum atomic E-state index is 0.138. The molecular formula is C10H16N2O. The number of anilines is 1. The van der Waals surface area contributed by atoms with E-state index in [1.807, 2.05) is 0 Å². The summed E-state index contributed by atoms with van der Waals surface area (Å²) in [5.41, 5.74) is 6.65. The predicted molar refractivity (Wildman–Crippen MR) is 51.4 cm³/mol. The molecule has 1 fully saturated rings. The molecule has 3 nitrogen and oxygen atoms in total. The molecular weight excluding hydrogens is 164 g/mol. The molecule has 0 amide bonds. The third kappa shape index (κ3) is 1.43. The Morgan fingerprint density at radius 2 is 2.08 bits per heavy atom. The summed E-state index contributed by atoms with van der Waals surface area (Å²) < 4.78 is 5.23. The molecule has 3 heteroatoms. The van der Waals surface area contributed by atoms with Gasteiger partial charge < -0.3 is 10.3 Å². The molecule has 1 aromatic heterocycles. The quantitative estimate of drug-likeness (QED) is 0.722. The highest BCUT2D eigenvalue weighted by atomic mass is 16.5. The lowest BCUT2D eigenvalue weighted by Gasteiger charge is -2.31. The van der Waals surface area contributed by atoms with E-state index in [1.165, 1.54) is 32.1 Å². The zero-order valence-electron chi connectivity index (χ0n) is 8.05. The standard InChI is InChI=1S/C10H16N2O/c1-10(5-3-2-4-6-10)9-8(11)7-12-13-9/h7H,2-6,11H2,1H3. The van der Waals surface area contributed by atoms with Gasteiger partial charge in [0.05, 0.1) is 11.9 Å². The Morgan fingerprint density at radius 1 is 1.38 bits per heavy atom. The molecule has 1 aliphatic carbocycles. The molecule has 1 heterocycles. The summed E-state index contributed by atoms with van der Waals surface area (Å²) >= 11 is 0. The van der Waals surface area contributed by atoms with E-state index in [1.54, 1.807) is 6.20 Å². The van der Waals surface area contributed by atoms with Crippen LogP contribution in [-0.4, -0.2) is 5.16 Å². The van der Waals surface area contributed by atoms with Crippen LogP contribution in [0.5, 0.6) is 0 Å². The Morgan fingerprint density at radius 3 is 2.62 bits per heavy atom. The van der Waals surface area contributed by atoms with E-state index < -0.39 is 0 Å². The van der Waals surface area contributed by atoms with Gasteiger partial charge >= 0.3 is 0 Å². The second-order valence-corrected chi connectivity index (χ2v) is 4.23. The van der Waals surface area contributed by atoms with Crippen molar-refractivity contribution in [2.45, 2.75) is 44.4 Å². The zero-order valence-corrected chi connectivity index (χ0v) is 8.05. The molecule has 0 saturated heterocycles. The lowest BCUT2D eigenvalue weighted by atomic mass is 9.73. The molecule has 0 spiro atoms. The molecule has 0 unspecified atom stereocenters. The summed E-state index contributed by atoms with van der Waals surface area (Å²) in [4.78, 5) is 0. The second kappa shape index (κ2) is 3.05. The molecule has 2 N–H and O–H groups in total. The highest BCUT2D eigenvalue weighted by Crippen LogP contribution is 2.40. The first-order chi connectivity index (χ1) is 6.22. The first-order valence-corrected chi connectivity index (χ1v) is 4.93. The van der Waals surface area contributed by atoms with Crippen LogP contribution in [0.1, 0.15) is 44.8 Å². The number of nitrogens with two attached hydrogens (primary N) is 1. The molecule has 1 aromatic rings. The van der Waals surface area contributed by atoms with E-state index in [0.717, 1.165) is 5.76 Å². The number of hydrogen-bond donors (Lipinski definition) is 1. The zero-order chi connectivity index (χ0) is 9.31. The predicted octanol–water partition coefficient (Wildman–Crippen LogP) is 2.48. The number of nitrogens with zero attached hydrogens (tertiary/aromatic N) is 1. The molecule has 0 aromatic carbocycles. The molecule has 0 bridgehead atoms. The summed E-state index contributed by atoms with van der Waals surface area (Å²) in [7, 11) is 0. The average Bonchev–Trinajstić information content (AvgIpc) is 2.53. The monoisotopic (exact) mass is 180 g/mol. The van der Waals surface area contributed by atoms with Gasteiger partial charge in [-0.2, -0.15) is 0 Å². The molecule has 2 rings (SSSR count). The van der Waals surface area contributed by atoms with Gasteiger partial charge in [0.25, 0.3) is 0 Å². The van der Waals surface area contributed by atoms with E-state index in [2.05, 4.69) is 12.1 Å². The first-order valence-electron chi connectivity index (χ1n) is 4.93. The minimum absolute atomic E-state index is 0.138. The highest BCUT2D eigenvalue weighted by molar-refractivity contribution is 5.42. The van der Waals surface area contributed by atoms with Crippen LogP contribution in [0.15, 0.2) is 10.7 Å². The van der Waals surface area contributed by atoms with Gasteiger partial charge in [0.15, 0.2) is 5.76 Å². The average molecular weight is 180 g/mol. The molecule has 0 radical (unpaired) electrons. The highest BCUT2D eigenvalue weighted by Gasteiger charge is 2.33. The van der Waals surface area contributed by atoms with Crippen LogP contribution in [-0.2, 0) is 5.41 Å². The maximum Gasteiger partial charge on any atom is 0.165 e. The van der Waals surface area contributed by atoms with E-state index in [4.69, 9.17) is 10.3 Å². The van der Waals surface area contributed by atoms with Gasteiger partial charge in [0, 0.05) is 5.41 Å². The third-order valence-corrected chi connectivity index (χ3v) is 3.10. The molecule has 13 heavy (non-hydrogen) atoms. The van der Waals surface area contributed by atoms with Crippen LogP contribution in [0.3, 0.4) is 0 Å². The molecule has 1 saturated carbocycles. The molecule has 72 valence electrons. The fraction of sp³-hybridized carbons (Fsp3) is 0.700. The summed E-state index contributed by atoms with van der Waals surface area (Å²) in [6.45, 7) is 2.23. The van der Waals surface area contributed by atoms with Crippen LogP contribution >= 0.6 is 0 Å². The summed E-state index contributed by atoms with van der Waals surface area (Å²) in [5, 5.41) is 3.74. The SMILES string of the molecule is CC1(c2oncc2N)CCCCC1. The Kier molecular flexibility index (Phi) is 2.02. The minimum Gasteiger partial charge on any atom is -0.395 e. The Balaban J connectivity index is 2.27. The second-order valence-electron chi connectivity index (χ2n) is 4.23. The van der Waals surface area contributed by atoms with E-state index >= 15 is 0 Å². The van der Waals surface area contributed by atoms with Gasteiger partial charge in [-0.05, 0) is 12.8 Å². The Hall–Kier alpha value is -0.990. The summed E-state index contributed by atoms with van der Waals surface area (Å²) in [5.74, 6) is 0.896. The van der Waals surface area contributed by atoms with Crippen LogP contribution in [0, 0.1) is 0 Å². The first kappa shape index (κ1) is 8.60. The largest absolute Gasteiger partial charge is 0.395 e. The van der Waals surface area contributed by atoms with E-state index in [9.17, 15) is 0 Å². The molecule has 1 aliphatic rings. The number of aromatic nitrogens is 1. The van der Waals surface area contributed by atoms with Gasteiger partial charge in [0.2, 0.25) is 0 Å². The number of nitrogen functional groups attached to an aromatic ring is 1. The van der Waals surface area contributed by atoms with Crippen molar-refractivity contribution in [3.8, 4) is 0 Å². The van der Waals surface area contributed by atoms with Gasteiger partial charge in [0.1, 0.15) is 0 Å². The third-order valence-electron chi connectivity index (χ3n) is 3.10. The van der Waals surface area contributed by atoms with Gasteiger partial charge in [-0.3, -0.25) is 0 Å². The van der Waals surface area contributed by atoms with Crippen molar-refractivity contribution >= 4 is 5.69 Å². The van der Waals surface area contributed by atoms with Crippen molar-refractivity contribution in [3.05, 3.63) is 12.0 Å². The van der Waals surface area contributed by atoms with Crippen LogP contribution in [0.4, 0.5) is 5.69 Å². The van der Waals surface area contributed by atoms with Crippen LogP contribution in [0.25, 0.3) is 0 Å². The van der Waals surface area contributed by atoms with Gasteiger partial charge in [-0.25, -0.2) is 0 Å². The van der Waals surface area contributed by atoms with Gasteiger partial charge in [-0.1, -0.05) is 31.3 Å². The summed E-state index contributed by atoms with van der Waals surface area (Å²) in [6, 6.07) is 0. The lowest BCUT2D eigenvalue weighted by molar-refractivity contribution is 0.241. The number of rotatable bonds is 1. The topological polar surface area (TPSA) is 52.0 Å². The Labute approximate surface area is 78.3 Å². The fourth-order valence-corrected chi connectivity index (χ4v) is 2.26. The Bertz CT molecular complexity index is 287. The molecule has 0 aliphatic heterocycles. The van der Waals surface area contributed by atoms with Crippen molar-refractivity contribution < 1.29 is 4.52 Å². The van der Waals surface area contributed by atoms with Crippen molar-refractivity contribution in [1.29, 1.82) is 0 Å². The fourth-order valence-electron chi connectivity index (χ4n) is 2.26. The van der Waals surface area contributed by atoms with Crippen molar-refractivity contribution in [2.75, 3.05) is 5.73 Å². The maximum absolute atomic E-state index is 5.80.